The lowest BCUT2D eigenvalue weighted by Gasteiger charge is -2.06. The van der Waals surface area contributed by atoms with Gasteiger partial charge in [0.05, 0.1) is 13.5 Å². The average Bonchev–Trinajstić information content (AvgIpc) is 2.25. The van der Waals surface area contributed by atoms with Crippen LogP contribution in [0.1, 0.15) is 18.7 Å². The van der Waals surface area contributed by atoms with E-state index in [1.807, 2.05) is 0 Å². The first-order chi connectivity index (χ1) is 8.01. The number of nitrogens with one attached hydrogen (secondary N) is 1. The highest BCUT2D eigenvalue weighted by Gasteiger charge is 2.08. The number of carboxylic acid groups (broad SMARTS) is 1. The Morgan fingerprint density at radius 2 is 2.12 bits per heavy atom. The molecule has 0 saturated heterocycles. The van der Waals surface area contributed by atoms with Crippen LogP contribution in [0.5, 0.6) is 5.88 Å². The molecule has 0 atom stereocenters. The number of ether oxygens (including phenoxy) is 1. The molecule has 7 nitrogen and oxygen atoms in total. The zero-order chi connectivity index (χ0) is 12.8. The van der Waals surface area contributed by atoms with Crippen molar-refractivity contribution in [3.63, 3.8) is 0 Å². The number of rotatable bonds is 5. The van der Waals surface area contributed by atoms with Crippen molar-refractivity contribution in [2.24, 2.45) is 0 Å². The molecule has 1 aromatic rings. The summed E-state index contributed by atoms with van der Waals surface area (Å²) in [6.45, 7) is 1.66. The fourth-order valence-corrected chi connectivity index (χ4v) is 1.13. The summed E-state index contributed by atoms with van der Waals surface area (Å²) in [6.07, 6.45) is -0.312. The predicted octanol–water partition coefficient (Wildman–Crippen LogP) is 0.597. The molecule has 0 fully saturated rings. The van der Waals surface area contributed by atoms with Crippen molar-refractivity contribution < 1.29 is 19.4 Å². The van der Waals surface area contributed by atoms with Crippen molar-refractivity contribution in [3.05, 3.63) is 11.9 Å². The fourth-order valence-electron chi connectivity index (χ4n) is 1.13. The number of hydrogen-bond donors (Lipinski definition) is 2. The number of aromatic nitrogens is 2. The summed E-state index contributed by atoms with van der Waals surface area (Å²) in [7, 11) is 1.46. The van der Waals surface area contributed by atoms with E-state index >= 15 is 0 Å². The Balaban J connectivity index is 2.64. The quantitative estimate of drug-likeness (QED) is 0.780. The molecule has 1 aromatic heterocycles. The minimum atomic E-state index is -1.02. The molecule has 0 aliphatic carbocycles. The van der Waals surface area contributed by atoms with Gasteiger partial charge in [0.2, 0.25) is 11.8 Å². The molecule has 7 heteroatoms. The van der Waals surface area contributed by atoms with Crippen molar-refractivity contribution in [1.82, 2.24) is 9.97 Å². The van der Waals surface area contributed by atoms with Crippen LogP contribution >= 0.6 is 0 Å². The van der Waals surface area contributed by atoms with E-state index in [9.17, 15) is 9.59 Å². The SMILES string of the molecule is COc1cc(NC(=O)CCC(=O)O)nc(C)n1. The number of hydrogen-bond acceptors (Lipinski definition) is 5. The van der Waals surface area contributed by atoms with Gasteiger partial charge in [-0.3, -0.25) is 9.59 Å². The predicted molar refractivity (Wildman–Crippen MR) is 58.8 cm³/mol. The molecule has 2 N–H and O–H groups in total. The van der Waals surface area contributed by atoms with E-state index < -0.39 is 11.9 Å². The number of aliphatic carboxylic acids is 1. The lowest BCUT2D eigenvalue weighted by Crippen LogP contribution is -2.14. The maximum Gasteiger partial charge on any atom is 0.303 e. The number of carboxylic acids is 1. The van der Waals surface area contributed by atoms with Crippen molar-refractivity contribution in [3.8, 4) is 5.88 Å². The van der Waals surface area contributed by atoms with Gasteiger partial charge in [0.25, 0.3) is 0 Å². The summed E-state index contributed by atoms with van der Waals surface area (Å²) >= 11 is 0. The van der Waals surface area contributed by atoms with E-state index in [0.29, 0.717) is 17.5 Å². The number of carbonyl (C=O) groups excluding carboxylic acids is 1. The molecule has 0 spiro atoms. The number of aryl methyl sites for hydroxylation is 1. The Hall–Kier alpha value is -2.18. The van der Waals surface area contributed by atoms with Crippen molar-refractivity contribution >= 4 is 17.7 Å². The number of amides is 1. The van der Waals surface area contributed by atoms with Crippen LogP contribution < -0.4 is 10.1 Å². The third kappa shape index (κ3) is 4.45. The maximum atomic E-state index is 11.4. The molecule has 1 heterocycles. The van der Waals surface area contributed by atoms with Crippen LogP contribution in [0.4, 0.5) is 5.82 Å². The smallest absolute Gasteiger partial charge is 0.303 e. The second-order valence-corrected chi connectivity index (χ2v) is 3.28. The molecule has 92 valence electrons. The van der Waals surface area contributed by atoms with Crippen LogP contribution in [-0.2, 0) is 9.59 Å². The van der Waals surface area contributed by atoms with Crippen molar-refractivity contribution in [2.45, 2.75) is 19.8 Å². The van der Waals surface area contributed by atoms with Gasteiger partial charge >= 0.3 is 5.97 Å². The van der Waals surface area contributed by atoms with Crippen LogP contribution in [0.15, 0.2) is 6.07 Å². The second-order valence-electron chi connectivity index (χ2n) is 3.28. The van der Waals surface area contributed by atoms with E-state index in [4.69, 9.17) is 9.84 Å². The molecule has 17 heavy (non-hydrogen) atoms. The minimum Gasteiger partial charge on any atom is -0.481 e. The summed E-state index contributed by atoms with van der Waals surface area (Å²) in [5.41, 5.74) is 0. The van der Waals surface area contributed by atoms with Gasteiger partial charge in [0.1, 0.15) is 11.6 Å². The number of anilines is 1. The molecule has 0 radical (unpaired) electrons. The Labute approximate surface area is 97.8 Å². The van der Waals surface area contributed by atoms with Gasteiger partial charge in [0, 0.05) is 12.5 Å². The zero-order valence-corrected chi connectivity index (χ0v) is 9.56. The fraction of sp³-hybridized carbons (Fsp3) is 0.400. The third-order valence-corrected chi connectivity index (χ3v) is 1.86. The first-order valence-corrected chi connectivity index (χ1v) is 4.92. The molecule has 0 aliphatic heterocycles. The van der Waals surface area contributed by atoms with E-state index in [1.54, 1.807) is 6.92 Å². The van der Waals surface area contributed by atoms with Crippen LogP contribution in [0, 0.1) is 6.92 Å². The van der Waals surface area contributed by atoms with Gasteiger partial charge in [-0.05, 0) is 6.92 Å². The van der Waals surface area contributed by atoms with E-state index in [-0.39, 0.29) is 12.8 Å². The monoisotopic (exact) mass is 239 g/mol. The molecular weight excluding hydrogens is 226 g/mol. The lowest BCUT2D eigenvalue weighted by atomic mass is 10.3. The summed E-state index contributed by atoms with van der Waals surface area (Å²) in [6, 6.07) is 1.46. The summed E-state index contributed by atoms with van der Waals surface area (Å²) < 4.78 is 4.92. The number of nitrogens with zero attached hydrogens (tertiary/aromatic N) is 2. The number of methoxy groups -OCH3 is 1. The average molecular weight is 239 g/mol. The lowest BCUT2D eigenvalue weighted by molar-refractivity contribution is -0.138. The normalized spacial score (nSPS) is 9.76. The Morgan fingerprint density at radius 1 is 1.41 bits per heavy atom. The van der Waals surface area contributed by atoms with E-state index in [2.05, 4.69) is 15.3 Å². The molecule has 0 aliphatic rings. The largest absolute Gasteiger partial charge is 0.481 e. The van der Waals surface area contributed by atoms with Crippen LogP contribution in [0.2, 0.25) is 0 Å². The Kier molecular flexibility index (Phi) is 4.38. The third-order valence-electron chi connectivity index (χ3n) is 1.86. The Bertz CT molecular complexity index is 434. The second kappa shape index (κ2) is 5.78. The minimum absolute atomic E-state index is 0.0965. The number of carbonyl (C=O) groups is 2. The van der Waals surface area contributed by atoms with Crippen molar-refractivity contribution in [1.29, 1.82) is 0 Å². The van der Waals surface area contributed by atoms with Gasteiger partial charge in [-0.25, -0.2) is 4.98 Å². The zero-order valence-electron chi connectivity index (χ0n) is 9.56. The summed E-state index contributed by atoms with van der Waals surface area (Å²) in [4.78, 5) is 29.6. The first kappa shape index (κ1) is 12.9. The standard InChI is InChI=1S/C10H13N3O4/c1-6-11-7(5-9(12-6)17-2)13-8(14)3-4-10(15)16/h5H,3-4H2,1-2H3,(H,15,16)(H,11,12,13,14). The van der Waals surface area contributed by atoms with Gasteiger partial charge < -0.3 is 15.2 Å². The maximum absolute atomic E-state index is 11.4. The van der Waals surface area contributed by atoms with Crippen LogP contribution in [0.3, 0.4) is 0 Å². The molecule has 0 bridgehead atoms. The highest BCUT2D eigenvalue weighted by molar-refractivity contribution is 5.91. The van der Waals surface area contributed by atoms with E-state index in [0.717, 1.165) is 0 Å². The molecule has 0 aromatic carbocycles. The van der Waals surface area contributed by atoms with Crippen LogP contribution in [-0.4, -0.2) is 34.1 Å². The Morgan fingerprint density at radius 3 is 2.71 bits per heavy atom. The highest BCUT2D eigenvalue weighted by atomic mass is 16.5. The van der Waals surface area contributed by atoms with Gasteiger partial charge in [-0.1, -0.05) is 0 Å². The summed E-state index contributed by atoms with van der Waals surface area (Å²) in [5, 5.41) is 10.9. The van der Waals surface area contributed by atoms with Gasteiger partial charge in [-0.2, -0.15) is 4.98 Å². The molecule has 1 amide bonds. The first-order valence-electron chi connectivity index (χ1n) is 4.92. The molecular formula is C10H13N3O4. The van der Waals surface area contributed by atoms with Crippen LogP contribution in [0.25, 0.3) is 0 Å². The van der Waals surface area contributed by atoms with Crippen molar-refractivity contribution in [2.75, 3.05) is 12.4 Å². The van der Waals surface area contributed by atoms with E-state index in [1.165, 1.54) is 13.2 Å². The molecule has 1 rings (SSSR count). The molecule has 0 saturated carbocycles. The van der Waals surface area contributed by atoms with Gasteiger partial charge in [-0.15, -0.1) is 0 Å². The summed E-state index contributed by atoms with van der Waals surface area (Å²) in [5.74, 6) is -0.335. The topological polar surface area (TPSA) is 101 Å². The molecule has 0 unspecified atom stereocenters. The van der Waals surface area contributed by atoms with Gasteiger partial charge in [0.15, 0.2) is 0 Å². The highest BCUT2D eigenvalue weighted by Crippen LogP contribution is 2.12.